The minimum atomic E-state index is -0.445. The lowest BCUT2D eigenvalue weighted by atomic mass is 10.1. The number of esters is 1. The Morgan fingerprint density at radius 3 is 2.53 bits per heavy atom. The number of ether oxygens (including phenoxy) is 3. The average molecular weight is 483 g/mol. The van der Waals surface area contributed by atoms with E-state index in [0.29, 0.717) is 41.3 Å². The van der Waals surface area contributed by atoms with Crippen molar-refractivity contribution >= 4 is 40.6 Å². The molecule has 34 heavy (non-hydrogen) atoms. The van der Waals surface area contributed by atoms with Gasteiger partial charge in [0.15, 0.2) is 23.3 Å². The summed E-state index contributed by atoms with van der Waals surface area (Å²) in [7, 11) is 0. The van der Waals surface area contributed by atoms with Crippen molar-refractivity contribution in [2.75, 3.05) is 26.4 Å². The summed E-state index contributed by atoms with van der Waals surface area (Å²) in [4.78, 5) is 31.7. The molecular formula is C26H30N2O5S. The fraction of sp³-hybridized carbons (Fsp3) is 0.346. The molecule has 0 aromatic heterocycles. The molecule has 1 aliphatic heterocycles. The van der Waals surface area contributed by atoms with Gasteiger partial charge in [0.05, 0.1) is 23.8 Å². The highest BCUT2D eigenvalue weighted by molar-refractivity contribution is 8.18. The second-order valence-electron chi connectivity index (χ2n) is 7.58. The average Bonchev–Trinajstić information content (AvgIpc) is 3.10. The molecule has 1 heterocycles. The molecule has 0 bridgehead atoms. The molecule has 2 aromatic carbocycles. The van der Waals surface area contributed by atoms with Crippen LogP contribution in [0.5, 0.6) is 11.5 Å². The van der Waals surface area contributed by atoms with Crippen molar-refractivity contribution in [2.24, 2.45) is 4.99 Å². The van der Waals surface area contributed by atoms with Crippen molar-refractivity contribution < 1.29 is 23.8 Å². The summed E-state index contributed by atoms with van der Waals surface area (Å²) in [6.07, 6.45) is 1.82. The second kappa shape index (κ2) is 11.7. The Bertz CT molecular complexity index is 1130. The zero-order valence-corrected chi connectivity index (χ0v) is 21.0. The molecule has 0 radical (unpaired) electrons. The number of rotatable bonds is 9. The smallest absolute Gasteiger partial charge is 0.344 e. The first-order valence-corrected chi connectivity index (χ1v) is 12.1. The Kier molecular flexibility index (Phi) is 8.76. The lowest BCUT2D eigenvalue weighted by molar-refractivity contribution is -0.145. The summed E-state index contributed by atoms with van der Waals surface area (Å²) in [6.45, 7) is 10.6. The van der Waals surface area contributed by atoms with E-state index in [-0.39, 0.29) is 12.5 Å². The topological polar surface area (TPSA) is 77.4 Å². The largest absolute Gasteiger partial charge is 0.490 e. The van der Waals surface area contributed by atoms with Crippen LogP contribution in [0.3, 0.4) is 0 Å². The zero-order chi connectivity index (χ0) is 24.7. The fourth-order valence-electron chi connectivity index (χ4n) is 3.31. The summed E-state index contributed by atoms with van der Waals surface area (Å²) in [6, 6.07) is 11.4. The normalized spacial score (nSPS) is 15.8. The maximum absolute atomic E-state index is 13.1. The summed E-state index contributed by atoms with van der Waals surface area (Å²) in [5.41, 5.74) is 3.81. The number of amidine groups is 1. The zero-order valence-electron chi connectivity index (χ0n) is 20.2. The number of likely N-dealkylation sites (N-methyl/N-ethyl adjacent to an activating group) is 1. The Balaban J connectivity index is 1.87. The molecule has 8 heteroatoms. The van der Waals surface area contributed by atoms with Crippen LogP contribution in [0.2, 0.25) is 0 Å². The van der Waals surface area contributed by atoms with Crippen LogP contribution < -0.4 is 9.47 Å². The number of benzene rings is 2. The molecule has 2 aromatic rings. The van der Waals surface area contributed by atoms with Gasteiger partial charge in [-0.3, -0.25) is 9.69 Å². The number of hydrogen-bond acceptors (Lipinski definition) is 7. The van der Waals surface area contributed by atoms with Crippen molar-refractivity contribution in [3.8, 4) is 11.5 Å². The first-order chi connectivity index (χ1) is 16.4. The third-order valence-electron chi connectivity index (χ3n) is 5.00. The minimum Gasteiger partial charge on any atom is -0.490 e. The van der Waals surface area contributed by atoms with Gasteiger partial charge in [-0.1, -0.05) is 18.2 Å². The Morgan fingerprint density at radius 1 is 1.03 bits per heavy atom. The van der Waals surface area contributed by atoms with E-state index in [1.165, 1.54) is 11.8 Å². The van der Waals surface area contributed by atoms with E-state index in [4.69, 9.17) is 19.2 Å². The van der Waals surface area contributed by atoms with Gasteiger partial charge in [-0.25, -0.2) is 9.79 Å². The molecule has 3 rings (SSSR count). The molecule has 0 N–H and O–H groups in total. The highest BCUT2D eigenvalue weighted by atomic mass is 32.2. The molecular weight excluding hydrogens is 452 g/mol. The summed E-state index contributed by atoms with van der Waals surface area (Å²) >= 11 is 1.35. The molecule has 1 saturated heterocycles. The van der Waals surface area contributed by atoms with Crippen LogP contribution in [0.4, 0.5) is 5.69 Å². The van der Waals surface area contributed by atoms with Crippen molar-refractivity contribution in [3.63, 3.8) is 0 Å². The maximum Gasteiger partial charge on any atom is 0.344 e. The molecule has 1 amide bonds. The summed E-state index contributed by atoms with van der Waals surface area (Å²) in [5, 5.41) is 0.659. The monoisotopic (exact) mass is 482 g/mol. The van der Waals surface area contributed by atoms with Crippen molar-refractivity contribution in [2.45, 2.75) is 34.6 Å². The van der Waals surface area contributed by atoms with Crippen molar-refractivity contribution in [3.05, 3.63) is 58.0 Å². The third-order valence-corrected chi connectivity index (χ3v) is 6.01. The van der Waals surface area contributed by atoms with E-state index in [1.807, 2.05) is 58.0 Å². The fourth-order valence-corrected chi connectivity index (χ4v) is 4.36. The van der Waals surface area contributed by atoms with Gasteiger partial charge in [0.25, 0.3) is 5.91 Å². The first kappa shape index (κ1) is 25.4. The van der Waals surface area contributed by atoms with E-state index < -0.39 is 5.97 Å². The predicted octanol–water partition coefficient (Wildman–Crippen LogP) is 5.27. The van der Waals surface area contributed by atoms with E-state index >= 15 is 0 Å². The van der Waals surface area contributed by atoms with Crippen LogP contribution in [-0.4, -0.2) is 48.3 Å². The number of carbonyl (C=O) groups excluding carboxylic acids is 2. The number of hydrogen-bond donors (Lipinski definition) is 0. The second-order valence-corrected chi connectivity index (χ2v) is 8.59. The number of aliphatic imine (C=N–C) groups is 1. The number of thioether (sulfide) groups is 1. The van der Waals surface area contributed by atoms with Gasteiger partial charge in [0.1, 0.15) is 0 Å². The van der Waals surface area contributed by atoms with E-state index in [9.17, 15) is 9.59 Å². The quantitative estimate of drug-likeness (QED) is 0.358. The molecule has 0 spiro atoms. The standard InChI is InChI=1S/C26H30N2O5S/c1-6-28-25(30)23(34-26(28)27-20-13-17(4)9-10-18(20)5)15-19-11-12-21(22(14-19)31-7-2)33-16-24(29)32-8-3/h9-15H,6-8,16H2,1-5H3/b23-15-,27-26?. The van der Waals surface area contributed by atoms with Crippen molar-refractivity contribution in [1.29, 1.82) is 0 Å². The molecule has 7 nitrogen and oxygen atoms in total. The van der Waals surface area contributed by atoms with E-state index in [2.05, 4.69) is 0 Å². The van der Waals surface area contributed by atoms with Gasteiger partial charge in [0.2, 0.25) is 0 Å². The van der Waals surface area contributed by atoms with E-state index in [0.717, 1.165) is 22.4 Å². The SMILES string of the molecule is CCOC(=O)COc1ccc(/C=C2\SC(=Nc3cc(C)ccc3C)N(CC)C2=O)cc1OCC. The lowest BCUT2D eigenvalue weighted by Gasteiger charge is -2.13. The van der Waals surface area contributed by atoms with Gasteiger partial charge in [-0.05, 0) is 87.3 Å². The van der Waals surface area contributed by atoms with Gasteiger partial charge < -0.3 is 14.2 Å². The molecule has 1 aliphatic rings. The van der Waals surface area contributed by atoms with Gasteiger partial charge in [0, 0.05) is 6.54 Å². The molecule has 0 saturated carbocycles. The van der Waals surface area contributed by atoms with Crippen LogP contribution >= 0.6 is 11.8 Å². The van der Waals surface area contributed by atoms with Crippen LogP contribution in [0, 0.1) is 13.8 Å². The van der Waals surface area contributed by atoms with Crippen LogP contribution in [-0.2, 0) is 14.3 Å². The Hall–Kier alpha value is -3.26. The molecule has 1 fully saturated rings. The number of aryl methyl sites for hydroxylation is 2. The van der Waals surface area contributed by atoms with Crippen LogP contribution in [0.25, 0.3) is 6.08 Å². The highest BCUT2D eigenvalue weighted by Crippen LogP contribution is 2.36. The number of carbonyl (C=O) groups is 2. The third kappa shape index (κ3) is 6.20. The van der Waals surface area contributed by atoms with Crippen molar-refractivity contribution in [1.82, 2.24) is 4.90 Å². The molecule has 0 atom stereocenters. The highest BCUT2D eigenvalue weighted by Gasteiger charge is 2.32. The van der Waals surface area contributed by atoms with E-state index in [1.54, 1.807) is 24.0 Å². The number of amides is 1. The minimum absolute atomic E-state index is 0.0860. The summed E-state index contributed by atoms with van der Waals surface area (Å²) < 4.78 is 16.2. The molecule has 0 unspecified atom stereocenters. The first-order valence-electron chi connectivity index (χ1n) is 11.3. The number of nitrogens with zero attached hydrogens (tertiary/aromatic N) is 2. The van der Waals surface area contributed by atoms with Gasteiger partial charge in [-0.15, -0.1) is 0 Å². The van der Waals surface area contributed by atoms with Gasteiger partial charge >= 0.3 is 5.97 Å². The predicted molar refractivity (Wildman–Crippen MR) is 136 cm³/mol. The summed E-state index contributed by atoms with van der Waals surface area (Å²) in [5.74, 6) is 0.402. The maximum atomic E-state index is 13.1. The van der Waals surface area contributed by atoms with Crippen LogP contribution in [0.1, 0.15) is 37.5 Å². The van der Waals surface area contributed by atoms with Gasteiger partial charge in [-0.2, -0.15) is 0 Å². The Morgan fingerprint density at radius 2 is 1.82 bits per heavy atom. The molecule has 180 valence electrons. The van der Waals surface area contributed by atoms with Crippen LogP contribution in [0.15, 0.2) is 46.3 Å². The lowest BCUT2D eigenvalue weighted by Crippen LogP contribution is -2.28. The Labute approximate surface area is 204 Å². The molecule has 0 aliphatic carbocycles.